The topological polar surface area (TPSA) is 42.4 Å². The minimum absolute atomic E-state index is 0.595. The van der Waals surface area contributed by atoms with E-state index in [-0.39, 0.29) is 0 Å². The molecule has 0 N–H and O–H groups in total. The van der Waals surface area contributed by atoms with E-state index < -0.39 is 0 Å². The van der Waals surface area contributed by atoms with Crippen LogP contribution in [0.3, 0.4) is 0 Å². The SMILES string of the molecule is C1=CCCC(c2cccc(N(c3cccc(-c4cccc5oc6ccc7oc(-c8ccccc8)nc7c6c45)c3)c3cc4ccccc4c4ccccc34)c2)=C1. The van der Waals surface area contributed by atoms with Crippen molar-refractivity contribution in [2.75, 3.05) is 4.90 Å². The molecule has 0 amide bonds. The van der Waals surface area contributed by atoms with Crippen LogP contribution >= 0.6 is 0 Å². The lowest BCUT2D eigenvalue weighted by molar-refractivity contribution is 0.619. The van der Waals surface area contributed by atoms with Crippen molar-refractivity contribution >= 4 is 77.2 Å². The second-order valence-corrected chi connectivity index (χ2v) is 14.2. The van der Waals surface area contributed by atoms with Crippen LogP contribution in [0.4, 0.5) is 17.1 Å². The lowest BCUT2D eigenvalue weighted by Gasteiger charge is -2.28. The van der Waals surface area contributed by atoms with E-state index in [0.29, 0.717) is 5.89 Å². The maximum absolute atomic E-state index is 6.51. The first-order valence-electron chi connectivity index (χ1n) is 18.8. The number of fused-ring (bicyclic) bond motifs is 8. The summed E-state index contributed by atoms with van der Waals surface area (Å²) < 4.78 is 12.8. The molecule has 8 aromatic carbocycles. The minimum Gasteiger partial charge on any atom is -0.456 e. The predicted molar refractivity (Wildman–Crippen MR) is 228 cm³/mol. The highest BCUT2D eigenvalue weighted by atomic mass is 16.4. The van der Waals surface area contributed by atoms with E-state index in [4.69, 9.17) is 13.8 Å². The number of allylic oxidation sites excluding steroid dienone is 4. The Labute approximate surface area is 317 Å². The van der Waals surface area contributed by atoms with Crippen LogP contribution in [0, 0.1) is 0 Å². The standard InChI is InChI=1S/C51H34N2O2/c1-3-14-33(15-4-1)35-19-11-21-38(30-35)53(44-32-37-18-7-8-23-40(37)42-24-9-10-25-43(42)44)39-22-12-20-36(31-39)41-26-13-27-45-48(41)49-46(54-45)28-29-47-50(49)52-51(55-47)34-16-5-2-6-17-34/h1-3,5-14,16-32H,4,15H2. The summed E-state index contributed by atoms with van der Waals surface area (Å²) in [6.45, 7) is 0. The van der Waals surface area contributed by atoms with Gasteiger partial charge in [-0.25, -0.2) is 4.98 Å². The summed E-state index contributed by atoms with van der Waals surface area (Å²) in [5, 5.41) is 6.86. The molecule has 2 heterocycles. The van der Waals surface area contributed by atoms with Crippen LogP contribution in [-0.4, -0.2) is 4.98 Å². The van der Waals surface area contributed by atoms with Gasteiger partial charge in [-0.05, 0) is 112 Å². The number of furan rings is 1. The molecule has 11 rings (SSSR count). The molecule has 260 valence electrons. The highest BCUT2D eigenvalue weighted by molar-refractivity contribution is 6.21. The Bertz CT molecular complexity index is 3160. The van der Waals surface area contributed by atoms with Crippen LogP contribution < -0.4 is 4.90 Å². The highest BCUT2D eigenvalue weighted by Gasteiger charge is 2.22. The van der Waals surface area contributed by atoms with Crippen molar-refractivity contribution in [3.8, 4) is 22.6 Å². The Morgan fingerprint density at radius 1 is 0.509 bits per heavy atom. The highest BCUT2D eigenvalue weighted by Crippen LogP contribution is 2.45. The average Bonchev–Trinajstić information content (AvgIpc) is 3.87. The van der Waals surface area contributed by atoms with Crippen molar-refractivity contribution in [3.63, 3.8) is 0 Å². The first-order chi connectivity index (χ1) is 27.3. The molecule has 1 aliphatic rings. The van der Waals surface area contributed by atoms with Gasteiger partial charge in [0, 0.05) is 27.7 Å². The van der Waals surface area contributed by atoms with Crippen LogP contribution in [0.2, 0.25) is 0 Å². The molecule has 0 radical (unpaired) electrons. The molecule has 4 nitrogen and oxygen atoms in total. The van der Waals surface area contributed by atoms with Gasteiger partial charge in [0.15, 0.2) is 5.58 Å². The zero-order valence-corrected chi connectivity index (χ0v) is 29.9. The van der Waals surface area contributed by atoms with Crippen LogP contribution in [0.5, 0.6) is 0 Å². The van der Waals surface area contributed by atoms with Gasteiger partial charge >= 0.3 is 0 Å². The monoisotopic (exact) mass is 706 g/mol. The second kappa shape index (κ2) is 12.8. The first-order valence-corrected chi connectivity index (χ1v) is 18.8. The smallest absolute Gasteiger partial charge is 0.227 e. The van der Waals surface area contributed by atoms with Gasteiger partial charge < -0.3 is 13.7 Å². The van der Waals surface area contributed by atoms with E-state index in [1.165, 1.54) is 32.7 Å². The molecule has 0 saturated carbocycles. The lowest BCUT2D eigenvalue weighted by atomic mass is 9.95. The third-order valence-electron chi connectivity index (χ3n) is 10.9. The van der Waals surface area contributed by atoms with Crippen molar-refractivity contribution in [2.45, 2.75) is 12.8 Å². The molecule has 0 bridgehead atoms. The number of aromatic nitrogens is 1. The largest absolute Gasteiger partial charge is 0.456 e. The number of benzene rings is 8. The predicted octanol–water partition coefficient (Wildman–Crippen LogP) is 14.6. The van der Waals surface area contributed by atoms with Crippen molar-refractivity contribution < 1.29 is 8.83 Å². The average molecular weight is 707 g/mol. The van der Waals surface area contributed by atoms with E-state index >= 15 is 0 Å². The van der Waals surface area contributed by atoms with Crippen LogP contribution in [0.25, 0.3) is 82.7 Å². The molecule has 4 heteroatoms. The van der Waals surface area contributed by atoms with Crippen molar-refractivity contribution in [2.24, 2.45) is 0 Å². The minimum atomic E-state index is 0.595. The van der Waals surface area contributed by atoms with Crippen LogP contribution in [0.1, 0.15) is 18.4 Å². The van der Waals surface area contributed by atoms with Gasteiger partial charge in [-0.1, -0.05) is 121 Å². The summed E-state index contributed by atoms with van der Waals surface area (Å²) in [4.78, 5) is 7.48. The quantitative estimate of drug-likeness (QED) is 0.161. The van der Waals surface area contributed by atoms with Crippen molar-refractivity contribution in [1.82, 2.24) is 4.98 Å². The fraction of sp³-hybridized carbons (Fsp3) is 0.0392. The van der Waals surface area contributed by atoms with E-state index in [9.17, 15) is 0 Å². The molecule has 0 spiro atoms. The number of hydrogen-bond acceptors (Lipinski definition) is 4. The zero-order valence-electron chi connectivity index (χ0n) is 29.9. The molecular formula is C51H34N2O2. The van der Waals surface area contributed by atoms with Gasteiger partial charge in [-0.15, -0.1) is 0 Å². The Morgan fingerprint density at radius 3 is 2.04 bits per heavy atom. The van der Waals surface area contributed by atoms with Gasteiger partial charge in [0.1, 0.15) is 16.7 Å². The maximum Gasteiger partial charge on any atom is 0.227 e. The number of anilines is 3. The number of rotatable bonds is 6. The van der Waals surface area contributed by atoms with Crippen LogP contribution in [0.15, 0.2) is 191 Å². The molecule has 1 aliphatic carbocycles. The summed E-state index contributed by atoms with van der Waals surface area (Å²) in [6, 6.07) is 58.0. The summed E-state index contributed by atoms with van der Waals surface area (Å²) in [5.74, 6) is 0.595. The number of oxazole rings is 1. The van der Waals surface area contributed by atoms with Gasteiger partial charge in [-0.2, -0.15) is 0 Å². The molecule has 2 aromatic heterocycles. The summed E-state index contributed by atoms with van der Waals surface area (Å²) in [7, 11) is 0. The third kappa shape index (κ3) is 5.25. The maximum atomic E-state index is 6.51. The van der Waals surface area contributed by atoms with Crippen molar-refractivity contribution in [1.29, 1.82) is 0 Å². The molecular weight excluding hydrogens is 673 g/mol. The van der Waals surface area contributed by atoms with E-state index in [0.717, 1.165) is 79.6 Å². The fourth-order valence-electron chi connectivity index (χ4n) is 8.39. The summed E-state index contributed by atoms with van der Waals surface area (Å²) in [5.41, 5.74) is 12.1. The molecule has 0 saturated heterocycles. The first kappa shape index (κ1) is 31.4. The molecule has 0 atom stereocenters. The fourth-order valence-corrected chi connectivity index (χ4v) is 8.39. The lowest BCUT2D eigenvalue weighted by Crippen LogP contribution is -2.11. The number of hydrogen-bond donors (Lipinski definition) is 0. The summed E-state index contributed by atoms with van der Waals surface area (Å²) in [6.07, 6.45) is 8.76. The van der Waals surface area contributed by atoms with E-state index in [1.807, 2.05) is 48.5 Å². The molecule has 55 heavy (non-hydrogen) atoms. The third-order valence-corrected chi connectivity index (χ3v) is 10.9. The zero-order chi connectivity index (χ0) is 36.3. The molecule has 0 aliphatic heterocycles. The van der Waals surface area contributed by atoms with Crippen LogP contribution in [-0.2, 0) is 0 Å². The number of nitrogens with zero attached hydrogens (tertiary/aromatic N) is 2. The Hall–Kier alpha value is -7.17. The van der Waals surface area contributed by atoms with Crippen molar-refractivity contribution in [3.05, 3.63) is 188 Å². The van der Waals surface area contributed by atoms with Gasteiger partial charge in [-0.3, -0.25) is 0 Å². The molecule has 0 fully saturated rings. The molecule has 0 unspecified atom stereocenters. The summed E-state index contributed by atoms with van der Waals surface area (Å²) >= 11 is 0. The van der Waals surface area contributed by atoms with Gasteiger partial charge in [0.2, 0.25) is 5.89 Å². The molecule has 10 aromatic rings. The Morgan fingerprint density at radius 2 is 1.20 bits per heavy atom. The normalized spacial score (nSPS) is 13.0. The van der Waals surface area contributed by atoms with E-state index in [1.54, 1.807) is 0 Å². The Kier molecular flexibility index (Phi) is 7.27. The Balaban J connectivity index is 1.14. The van der Waals surface area contributed by atoms with Gasteiger partial charge in [0.25, 0.3) is 0 Å². The van der Waals surface area contributed by atoms with Gasteiger partial charge in [0.05, 0.1) is 11.1 Å². The van der Waals surface area contributed by atoms with E-state index in [2.05, 4.69) is 138 Å². The second-order valence-electron chi connectivity index (χ2n) is 14.2.